The van der Waals surface area contributed by atoms with Gasteiger partial charge in [0, 0.05) is 51.0 Å². The number of aromatic nitrogens is 3. The summed E-state index contributed by atoms with van der Waals surface area (Å²) < 4.78 is 38.0. The van der Waals surface area contributed by atoms with Crippen LogP contribution in [0, 0.1) is 0 Å². The molecule has 152 valence electrons. The topological polar surface area (TPSA) is 48.0 Å². The molecule has 3 aromatic rings. The Labute approximate surface area is 167 Å². The van der Waals surface area contributed by atoms with Crippen molar-refractivity contribution >= 4 is 0 Å². The zero-order chi connectivity index (χ0) is 20.3. The molecule has 1 fully saturated rings. The number of H-pyrrole nitrogens is 1. The zero-order valence-corrected chi connectivity index (χ0v) is 15.9. The first-order valence-corrected chi connectivity index (χ1v) is 9.53. The van der Waals surface area contributed by atoms with Crippen molar-refractivity contribution in [2.24, 2.45) is 0 Å². The van der Waals surface area contributed by atoms with Gasteiger partial charge in [0.15, 0.2) is 0 Å². The lowest BCUT2D eigenvalue weighted by Crippen LogP contribution is -2.45. The Bertz CT molecular complexity index is 913. The second-order valence-electron chi connectivity index (χ2n) is 7.22. The Morgan fingerprint density at radius 1 is 0.862 bits per heavy atom. The minimum atomic E-state index is -4.34. The van der Waals surface area contributed by atoms with Gasteiger partial charge in [0.05, 0.1) is 23.1 Å². The van der Waals surface area contributed by atoms with Crippen LogP contribution in [0.15, 0.2) is 54.9 Å². The van der Waals surface area contributed by atoms with Gasteiger partial charge in [-0.3, -0.25) is 19.9 Å². The van der Waals surface area contributed by atoms with Crippen molar-refractivity contribution in [1.82, 2.24) is 25.0 Å². The molecule has 0 saturated carbocycles. The number of pyridine rings is 1. The third-order valence-corrected chi connectivity index (χ3v) is 5.18. The molecule has 0 amide bonds. The fourth-order valence-electron chi connectivity index (χ4n) is 3.55. The second-order valence-corrected chi connectivity index (χ2v) is 7.22. The molecule has 1 aliphatic rings. The average Bonchev–Trinajstić information content (AvgIpc) is 3.18. The lowest BCUT2D eigenvalue weighted by Gasteiger charge is -2.34. The molecule has 3 heterocycles. The summed E-state index contributed by atoms with van der Waals surface area (Å²) in [7, 11) is 0. The van der Waals surface area contributed by atoms with Crippen LogP contribution in [0.5, 0.6) is 0 Å². The van der Waals surface area contributed by atoms with Crippen LogP contribution in [-0.2, 0) is 19.3 Å². The molecular formula is C21H22F3N5. The summed E-state index contributed by atoms with van der Waals surface area (Å²) in [6, 6.07) is 12.7. The van der Waals surface area contributed by atoms with Crippen molar-refractivity contribution in [2.45, 2.75) is 19.3 Å². The van der Waals surface area contributed by atoms with Crippen LogP contribution in [0.25, 0.3) is 11.3 Å². The highest BCUT2D eigenvalue weighted by Crippen LogP contribution is 2.28. The minimum Gasteiger partial charge on any atom is -0.296 e. The summed E-state index contributed by atoms with van der Waals surface area (Å²) in [5, 5.41) is 7.30. The number of halogens is 3. The first kappa shape index (κ1) is 19.6. The largest absolute Gasteiger partial charge is 0.417 e. The van der Waals surface area contributed by atoms with Gasteiger partial charge in [0.25, 0.3) is 0 Å². The summed E-state index contributed by atoms with van der Waals surface area (Å²) in [6.45, 7) is 4.85. The Morgan fingerprint density at radius 3 is 2.17 bits per heavy atom. The highest BCUT2D eigenvalue weighted by Gasteiger charge is 2.30. The van der Waals surface area contributed by atoms with E-state index in [1.807, 2.05) is 24.4 Å². The third kappa shape index (κ3) is 4.83. The van der Waals surface area contributed by atoms with Crippen LogP contribution in [-0.4, -0.2) is 51.2 Å². The van der Waals surface area contributed by atoms with Crippen LogP contribution < -0.4 is 0 Å². The number of hydrogen-bond acceptors (Lipinski definition) is 4. The van der Waals surface area contributed by atoms with Crippen molar-refractivity contribution in [1.29, 1.82) is 0 Å². The van der Waals surface area contributed by atoms with Crippen molar-refractivity contribution in [3.05, 3.63) is 71.7 Å². The molecule has 8 heteroatoms. The molecule has 29 heavy (non-hydrogen) atoms. The first-order chi connectivity index (χ1) is 14.0. The van der Waals surface area contributed by atoms with E-state index >= 15 is 0 Å². The normalized spacial score (nSPS) is 16.2. The van der Waals surface area contributed by atoms with E-state index in [1.165, 1.54) is 6.07 Å². The van der Waals surface area contributed by atoms with Gasteiger partial charge in [0.2, 0.25) is 0 Å². The summed E-state index contributed by atoms with van der Waals surface area (Å²) in [6.07, 6.45) is -1.56. The van der Waals surface area contributed by atoms with E-state index in [2.05, 4.69) is 37.1 Å². The highest BCUT2D eigenvalue weighted by atomic mass is 19.4. The van der Waals surface area contributed by atoms with Gasteiger partial charge < -0.3 is 0 Å². The maximum atomic E-state index is 12.7. The smallest absolute Gasteiger partial charge is 0.296 e. The Hall–Kier alpha value is -2.71. The van der Waals surface area contributed by atoms with E-state index < -0.39 is 11.7 Å². The number of nitrogens with one attached hydrogen (secondary N) is 1. The van der Waals surface area contributed by atoms with Crippen LogP contribution in [0.2, 0.25) is 0 Å². The standard InChI is InChI=1S/C21H22F3N5/c22-21(23,24)18-6-7-19(25-13-18)15-29-10-8-28(9-11-29)14-17-12-26-27-20(17)16-4-2-1-3-5-16/h1-7,12-13H,8-11,14-15H2,(H,26,27). The van der Waals surface area contributed by atoms with Crippen molar-refractivity contribution in [2.75, 3.05) is 26.2 Å². The number of piperazine rings is 1. The molecule has 1 saturated heterocycles. The zero-order valence-electron chi connectivity index (χ0n) is 15.9. The Balaban J connectivity index is 1.31. The molecule has 1 aromatic carbocycles. The predicted molar refractivity (Wildman–Crippen MR) is 104 cm³/mol. The monoisotopic (exact) mass is 401 g/mol. The summed E-state index contributed by atoms with van der Waals surface area (Å²) in [5.74, 6) is 0. The lowest BCUT2D eigenvalue weighted by atomic mass is 10.1. The van der Waals surface area contributed by atoms with Crippen molar-refractivity contribution < 1.29 is 13.2 Å². The van der Waals surface area contributed by atoms with Crippen molar-refractivity contribution in [3.8, 4) is 11.3 Å². The Morgan fingerprint density at radius 2 is 1.55 bits per heavy atom. The highest BCUT2D eigenvalue weighted by molar-refractivity contribution is 5.62. The van der Waals surface area contributed by atoms with Gasteiger partial charge >= 0.3 is 6.18 Å². The van der Waals surface area contributed by atoms with E-state index in [4.69, 9.17) is 0 Å². The summed E-state index contributed by atoms with van der Waals surface area (Å²) in [5.41, 5.74) is 3.27. The fourth-order valence-corrected chi connectivity index (χ4v) is 3.55. The van der Waals surface area contributed by atoms with E-state index in [-0.39, 0.29) is 0 Å². The van der Waals surface area contributed by atoms with E-state index in [0.717, 1.165) is 61.8 Å². The Kier molecular flexibility index (Phi) is 5.64. The van der Waals surface area contributed by atoms with Gasteiger partial charge in [-0.1, -0.05) is 30.3 Å². The first-order valence-electron chi connectivity index (χ1n) is 9.53. The number of rotatable bonds is 5. The van der Waals surface area contributed by atoms with Crippen LogP contribution in [0.4, 0.5) is 13.2 Å². The molecule has 0 atom stereocenters. The summed E-state index contributed by atoms with van der Waals surface area (Å²) in [4.78, 5) is 8.57. The van der Waals surface area contributed by atoms with Gasteiger partial charge in [-0.15, -0.1) is 0 Å². The van der Waals surface area contributed by atoms with E-state index in [9.17, 15) is 13.2 Å². The van der Waals surface area contributed by atoms with E-state index in [0.29, 0.717) is 12.2 Å². The molecule has 0 aliphatic carbocycles. The molecule has 0 bridgehead atoms. The average molecular weight is 401 g/mol. The van der Waals surface area contributed by atoms with Crippen LogP contribution in [0.1, 0.15) is 16.8 Å². The third-order valence-electron chi connectivity index (χ3n) is 5.18. The molecule has 0 unspecified atom stereocenters. The van der Waals surface area contributed by atoms with Crippen LogP contribution in [0.3, 0.4) is 0 Å². The molecule has 4 rings (SSSR count). The quantitative estimate of drug-likeness (QED) is 0.706. The molecule has 5 nitrogen and oxygen atoms in total. The number of alkyl halides is 3. The second kappa shape index (κ2) is 8.34. The number of benzene rings is 1. The predicted octanol–water partition coefficient (Wildman–Crippen LogP) is 3.81. The molecule has 1 aliphatic heterocycles. The van der Waals surface area contributed by atoms with Crippen LogP contribution >= 0.6 is 0 Å². The van der Waals surface area contributed by atoms with Gasteiger partial charge in [-0.05, 0) is 17.7 Å². The van der Waals surface area contributed by atoms with Gasteiger partial charge in [-0.2, -0.15) is 18.3 Å². The van der Waals surface area contributed by atoms with Crippen molar-refractivity contribution in [3.63, 3.8) is 0 Å². The number of aromatic amines is 1. The number of nitrogens with zero attached hydrogens (tertiary/aromatic N) is 4. The fraction of sp³-hybridized carbons (Fsp3) is 0.333. The number of hydrogen-bond donors (Lipinski definition) is 1. The lowest BCUT2D eigenvalue weighted by molar-refractivity contribution is -0.137. The molecular weight excluding hydrogens is 379 g/mol. The maximum Gasteiger partial charge on any atom is 0.417 e. The molecule has 2 aromatic heterocycles. The van der Waals surface area contributed by atoms with E-state index in [1.54, 1.807) is 0 Å². The van der Waals surface area contributed by atoms with Gasteiger partial charge in [-0.25, -0.2) is 0 Å². The maximum absolute atomic E-state index is 12.7. The summed E-state index contributed by atoms with van der Waals surface area (Å²) >= 11 is 0. The molecule has 0 spiro atoms. The molecule has 1 N–H and O–H groups in total. The molecule has 0 radical (unpaired) electrons. The SMILES string of the molecule is FC(F)(F)c1ccc(CN2CCN(Cc3cn[nH]c3-c3ccccc3)CC2)nc1. The minimum absolute atomic E-state index is 0.562. The van der Waals surface area contributed by atoms with Gasteiger partial charge in [0.1, 0.15) is 0 Å².